The highest BCUT2D eigenvalue weighted by Crippen LogP contribution is 2.27. The summed E-state index contributed by atoms with van der Waals surface area (Å²) in [6.45, 7) is 1.32. The molecule has 0 saturated carbocycles. The van der Waals surface area contributed by atoms with Crippen molar-refractivity contribution in [3.8, 4) is 0 Å². The summed E-state index contributed by atoms with van der Waals surface area (Å²) in [6, 6.07) is 7.26. The fourth-order valence-electron chi connectivity index (χ4n) is 2.27. The molecule has 1 saturated heterocycles. The highest BCUT2D eigenvalue weighted by Gasteiger charge is 2.18. The third-order valence-corrected chi connectivity index (χ3v) is 4.72. The number of ether oxygens (including phenoxy) is 3. The number of rotatable bonds is 9. The molecule has 1 aromatic rings. The van der Waals surface area contributed by atoms with Crippen molar-refractivity contribution < 1.29 is 23.8 Å². The standard InChI is InChI=1S/C17H23NO5S/c1-21-10-8-18-16(19)11-23-17(20)14-6-2-3-7-15(14)24-12-13-5-4-9-22-13/h2-3,6-7,13H,4-5,8-12H2,1H3,(H,18,19)/t13-/m1/s1. The molecule has 2 rings (SSSR count). The second-order valence-corrected chi connectivity index (χ2v) is 6.42. The number of esters is 1. The van der Waals surface area contributed by atoms with Crippen molar-refractivity contribution in [3.63, 3.8) is 0 Å². The largest absolute Gasteiger partial charge is 0.452 e. The molecule has 1 aromatic carbocycles. The number of carbonyl (C=O) groups is 2. The smallest absolute Gasteiger partial charge is 0.339 e. The summed E-state index contributed by atoms with van der Waals surface area (Å²) >= 11 is 1.58. The minimum Gasteiger partial charge on any atom is -0.452 e. The number of nitrogens with one attached hydrogen (secondary N) is 1. The Morgan fingerprint density at radius 1 is 1.38 bits per heavy atom. The summed E-state index contributed by atoms with van der Waals surface area (Å²) in [5, 5.41) is 2.60. The predicted molar refractivity (Wildman–Crippen MR) is 91.3 cm³/mol. The van der Waals surface area contributed by atoms with Gasteiger partial charge in [-0.05, 0) is 25.0 Å². The van der Waals surface area contributed by atoms with E-state index in [1.165, 1.54) is 0 Å². The molecular weight excluding hydrogens is 330 g/mol. The van der Waals surface area contributed by atoms with Crippen molar-refractivity contribution in [2.24, 2.45) is 0 Å². The van der Waals surface area contributed by atoms with E-state index in [1.54, 1.807) is 31.0 Å². The van der Waals surface area contributed by atoms with Crippen LogP contribution < -0.4 is 5.32 Å². The highest BCUT2D eigenvalue weighted by atomic mass is 32.2. The van der Waals surface area contributed by atoms with Gasteiger partial charge >= 0.3 is 5.97 Å². The van der Waals surface area contributed by atoms with E-state index in [0.29, 0.717) is 18.7 Å². The van der Waals surface area contributed by atoms with Gasteiger partial charge in [0.05, 0.1) is 18.3 Å². The van der Waals surface area contributed by atoms with Crippen molar-refractivity contribution >= 4 is 23.6 Å². The normalized spacial score (nSPS) is 16.8. The zero-order valence-corrected chi connectivity index (χ0v) is 14.6. The van der Waals surface area contributed by atoms with Gasteiger partial charge in [-0.3, -0.25) is 4.79 Å². The molecule has 1 aliphatic heterocycles. The first-order chi connectivity index (χ1) is 11.7. The van der Waals surface area contributed by atoms with E-state index in [4.69, 9.17) is 14.2 Å². The summed E-state index contributed by atoms with van der Waals surface area (Å²) in [4.78, 5) is 24.6. The fourth-order valence-corrected chi connectivity index (χ4v) is 3.38. The van der Waals surface area contributed by atoms with Crippen LogP contribution in [0.3, 0.4) is 0 Å². The van der Waals surface area contributed by atoms with Crippen molar-refractivity contribution in [2.75, 3.05) is 39.2 Å². The molecule has 132 valence electrons. The van der Waals surface area contributed by atoms with Crippen LogP contribution in [-0.2, 0) is 19.0 Å². The number of carbonyl (C=O) groups excluding carboxylic acids is 2. The average Bonchev–Trinajstić information content (AvgIpc) is 3.12. The Bertz CT molecular complexity index is 546. The lowest BCUT2D eigenvalue weighted by atomic mass is 10.2. The van der Waals surface area contributed by atoms with E-state index >= 15 is 0 Å². The molecule has 6 nitrogen and oxygen atoms in total. The van der Waals surface area contributed by atoms with Gasteiger partial charge in [-0.1, -0.05) is 12.1 Å². The first kappa shape index (κ1) is 18.8. The van der Waals surface area contributed by atoms with Gasteiger partial charge in [-0.15, -0.1) is 11.8 Å². The van der Waals surface area contributed by atoms with Crippen molar-refractivity contribution in [3.05, 3.63) is 29.8 Å². The summed E-state index contributed by atoms with van der Waals surface area (Å²) in [6.07, 6.45) is 2.39. The van der Waals surface area contributed by atoms with Crippen LogP contribution in [-0.4, -0.2) is 57.2 Å². The van der Waals surface area contributed by atoms with Crippen LogP contribution in [0.2, 0.25) is 0 Å². The Hall–Kier alpha value is -1.57. The molecule has 0 spiro atoms. The molecule has 0 bridgehead atoms. The van der Waals surface area contributed by atoms with Crippen LogP contribution >= 0.6 is 11.8 Å². The lowest BCUT2D eigenvalue weighted by molar-refractivity contribution is -0.124. The van der Waals surface area contributed by atoms with E-state index < -0.39 is 5.97 Å². The molecule has 1 aliphatic rings. The van der Waals surface area contributed by atoms with Gasteiger partial charge < -0.3 is 19.5 Å². The zero-order valence-electron chi connectivity index (χ0n) is 13.8. The topological polar surface area (TPSA) is 73.9 Å². The third kappa shape index (κ3) is 6.14. The van der Waals surface area contributed by atoms with Crippen molar-refractivity contribution in [2.45, 2.75) is 23.8 Å². The molecule has 1 fully saturated rings. The maximum atomic E-state index is 12.2. The van der Waals surface area contributed by atoms with Crippen LogP contribution in [0.5, 0.6) is 0 Å². The van der Waals surface area contributed by atoms with Gasteiger partial charge in [0.2, 0.25) is 0 Å². The maximum Gasteiger partial charge on any atom is 0.339 e. The van der Waals surface area contributed by atoms with Crippen LogP contribution in [0, 0.1) is 0 Å². The minimum atomic E-state index is -0.493. The Morgan fingerprint density at radius 3 is 2.96 bits per heavy atom. The molecule has 7 heteroatoms. The molecule has 0 aliphatic carbocycles. The van der Waals surface area contributed by atoms with Crippen LogP contribution in [0.4, 0.5) is 0 Å². The number of methoxy groups -OCH3 is 1. The number of hydrogen-bond acceptors (Lipinski definition) is 6. The Morgan fingerprint density at radius 2 is 2.21 bits per heavy atom. The Labute approximate surface area is 146 Å². The highest BCUT2D eigenvalue weighted by molar-refractivity contribution is 7.99. The van der Waals surface area contributed by atoms with Gasteiger partial charge in [-0.25, -0.2) is 4.79 Å². The first-order valence-electron chi connectivity index (χ1n) is 7.97. The van der Waals surface area contributed by atoms with E-state index in [-0.39, 0.29) is 18.6 Å². The molecule has 1 amide bonds. The lowest BCUT2D eigenvalue weighted by Gasteiger charge is -2.12. The number of amides is 1. The molecule has 0 aromatic heterocycles. The summed E-state index contributed by atoms with van der Waals surface area (Å²) in [5.74, 6) is -0.0286. The molecule has 1 heterocycles. The third-order valence-electron chi connectivity index (χ3n) is 3.52. The SMILES string of the molecule is COCCNC(=O)COC(=O)c1ccccc1SC[C@H]1CCCO1. The number of hydrogen-bond donors (Lipinski definition) is 1. The van der Waals surface area contributed by atoms with Crippen molar-refractivity contribution in [1.29, 1.82) is 0 Å². The zero-order chi connectivity index (χ0) is 17.2. The van der Waals surface area contributed by atoms with Gasteiger partial charge in [-0.2, -0.15) is 0 Å². The summed E-state index contributed by atoms with van der Waals surface area (Å²) < 4.78 is 15.5. The molecule has 24 heavy (non-hydrogen) atoms. The average molecular weight is 353 g/mol. The molecule has 1 N–H and O–H groups in total. The molecule has 1 atom stereocenters. The van der Waals surface area contributed by atoms with Gasteiger partial charge in [0, 0.05) is 30.9 Å². The van der Waals surface area contributed by atoms with Crippen LogP contribution in [0.25, 0.3) is 0 Å². The lowest BCUT2D eigenvalue weighted by Crippen LogP contribution is -2.31. The van der Waals surface area contributed by atoms with Crippen molar-refractivity contribution in [1.82, 2.24) is 5.32 Å². The minimum absolute atomic E-state index is 0.241. The van der Waals surface area contributed by atoms with E-state index in [0.717, 1.165) is 30.1 Å². The van der Waals surface area contributed by atoms with E-state index in [1.807, 2.05) is 12.1 Å². The molecule has 0 unspecified atom stereocenters. The Kier molecular flexibility index (Phi) is 8.07. The van der Waals surface area contributed by atoms with E-state index in [2.05, 4.69) is 5.32 Å². The predicted octanol–water partition coefficient (Wildman–Crippen LogP) is 1.88. The quantitative estimate of drug-likeness (QED) is 0.415. The van der Waals surface area contributed by atoms with Crippen LogP contribution in [0.15, 0.2) is 29.2 Å². The molecule has 0 radical (unpaired) electrons. The second kappa shape index (κ2) is 10.3. The van der Waals surface area contributed by atoms with Gasteiger partial charge in [0.1, 0.15) is 0 Å². The van der Waals surface area contributed by atoms with Gasteiger partial charge in [0.25, 0.3) is 5.91 Å². The molecular formula is C17H23NO5S. The van der Waals surface area contributed by atoms with Gasteiger partial charge in [0.15, 0.2) is 6.61 Å². The van der Waals surface area contributed by atoms with E-state index in [9.17, 15) is 9.59 Å². The number of thioether (sulfide) groups is 1. The monoisotopic (exact) mass is 353 g/mol. The maximum absolute atomic E-state index is 12.2. The summed E-state index contributed by atoms with van der Waals surface area (Å²) in [5.41, 5.74) is 0.477. The second-order valence-electron chi connectivity index (χ2n) is 5.36. The Balaban J connectivity index is 1.83. The summed E-state index contributed by atoms with van der Waals surface area (Å²) in [7, 11) is 1.55. The first-order valence-corrected chi connectivity index (χ1v) is 8.95. The fraction of sp³-hybridized carbons (Fsp3) is 0.529. The van der Waals surface area contributed by atoms with Crippen LogP contribution in [0.1, 0.15) is 23.2 Å². The number of benzene rings is 1.